The van der Waals surface area contributed by atoms with Crippen molar-refractivity contribution in [1.29, 1.82) is 0 Å². The minimum absolute atomic E-state index is 0. The fourth-order valence-electron chi connectivity index (χ4n) is 0. The van der Waals surface area contributed by atoms with Crippen molar-refractivity contribution >= 4 is 0 Å². The minimum Gasteiger partial charge on any atom is 0 e. The number of rotatable bonds is 0. The summed E-state index contributed by atoms with van der Waals surface area (Å²) in [4.78, 5) is 0. The second kappa shape index (κ2) is 17.7. The van der Waals surface area contributed by atoms with Crippen molar-refractivity contribution in [2.75, 3.05) is 0 Å². The minimum atomic E-state index is 0. The van der Waals surface area contributed by atoms with Gasteiger partial charge < -0.3 is 0 Å². The molecule has 0 atom stereocenters. The molecule has 0 aromatic carbocycles. The maximum Gasteiger partial charge on any atom is 0 e. The van der Waals surface area contributed by atoms with Gasteiger partial charge in [-0.1, -0.05) is 0 Å². The predicted molar refractivity (Wildman–Crippen MR) is 0 cm³/mol. The van der Waals surface area contributed by atoms with E-state index in [4.69, 9.17) is 0 Å². The molecule has 0 aliphatic heterocycles. The van der Waals surface area contributed by atoms with Crippen molar-refractivity contribution in [2.24, 2.45) is 0 Å². The molecule has 0 aliphatic rings. The van der Waals surface area contributed by atoms with Gasteiger partial charge in [0.15, 0.2) is 0 Å². The van der Waals surface area contributed by atoms with E-state index in [1.165, 1.54) is 0 Å². The van der Waals surface area contributed by atoms with Gasteiger partial charge in [-0.25, -0.2) is 0 Å². The molecule has 0 fully saturated rings. The van der Waals surface area contributed by atoms with Crippen LogP contribution < -0.4 is 0 Å². The van der Waals surface area contributed by atoms with Crippen LogP contribution in [0.2, 0.25) is 0 Å². The van der Waals surface area contributed by atoms with Crippen LogP contribution in [0.3, 0.4) is 0 Å². The normalized spacial score (nSPS) is 0. The number of hydrogen-bond donors (Lipinski definition) is 0. The number of hydrogen-bond acceptors (Lipinski definition) is 0. The first-order valence-electron chi connectivity index (χ1n) is 0. The summed E-state index contributed by atoms with van der Waals surface area (Å²) in [5, 5.41) is 0. The SMILES string of the molecule is [Os].[Os].[Os].[Rh]. The molecule has 0 amide bonds. The Kier molecular flexibility index (Phi) is 138. The quantitative estimate of drug-likeness (QED) is 0.318. The largest absolute Gasteiger partial charge is 0 e. The van der Waals surface area contributed by atoms with E-state index in [2.05, 4.69) is 0 Å². The van der Waals surface area contributed by atoms with E-state index >= 15 is 0 Å². The Bertz CT molecular complexity index is 3.25. The van der Waals surface area contributed by atoms with Gasteiger partial charge in [-0.3, -0.25) is 0 Å². The summed E-state index contributed by atoms with van der Waals surface area (Å²) in [6.07, 6.45) is 0. The summed E-state index contributed by atoms with van der Waals surface area (Å²) in [6, 6.07) is 0. The summed E-state index contributed by atoms with van der Waals surface area (Å²) < 4.78 is 0. The maximum absolute atomic E-state index is 0. The van der Waals surface area contributed by atoms with E-state index in [0.717, 1.165) is 0 Å². The molecule has 0 unspecified atom stereocenters. The summed E-state index contributed by atoms with van der Waals surface area (Å²) >= 11 is 0. The first kappa shape index (κ1) is 31.2. The van der Waals surface area contributed by atoms with Crippen LogP contribution in [-0.4, -0.2) is 0 Å². The fourth-order valence-corrected chi connectivity index (χ4v) is 0. The monoisotopic (exact) mass is 679 g/mol. The molecule has 1 radical (unpaired) electrons. The van der Waals surface area contributed by atoms with Crippen LogP contribution in [0.5, 0.6) is 0 Å². The predicted octanol–water partition coefficient (Wildman–Crippen LogP) is -0.0100. The van der Waals surface area contributed by atoms with Gasteiger partial charge in [-0.05, 0) is 0 Å². The molecule has 0 nitrogen and oxygen atoms in total. The third-order valence-corrected chi connectivity index (χ3v) is 0. The van der Waals surface area contributed by atoms with Crippen LogP contribution in [0.25, 0.3) is 0 Å². The third-order valence-electron chi connectivity index (χ3n) is 0. The second-order valence-corrected chi connectivity index (χ2v) is 0. The zero-order valence-electron chi connectivity index (χ0n) is 1.39. The molecule has 0 aromatic rings. The van der Waals surface area contributed by atoms with E-state index in [-0.39, 0.29) is 78.8 Å². The van der Waals surface area contributed by atoms with Crippen molar-refractivity contribution in [3.8, 4) is 0 Å². The Morgan fingerprint density at radius 3 is 0.500 bits per heavy atom. The van der Waals surface area contributed by atoms with Gasteiger partial charge in [-0.2, -0.15) is 0 Å². The molecule has 0 N–H and O–H groups in total. The van der Waals surface area contributed by atoms with Crippen LogP contribution in [0.15, 0.2) is 0 Å². The molecule has 0 saturated heterocycles. The molecule has 33 valence electrons. The summed E-state index contributed by atoms with van der Waals surface area (Å²) in [5.74, 6) is 0. The van der Waals surface area contributed by atoms with E-state index in [1.807, 2.05) is 0 Å². The van der Waals surface area contributed by atoms with Crippen molar-refractivity contribution in [1.82, 2.24) is 0 Å². The molecule has 4 heteroatoms. The Balaban J connectivity index is 0. The van der Waals surface area contributed by atoms with Crippen molar-refractivity contribution in [3.05, 3.63) is 0 Å². The van der Waals surface area contributed by atoms with Crippen molar-refractivity contribution < 1.29 is 78.8 Å². The van der Waals surface area contributed by atoms with Gasteiger partial charge in [0.1, 0.15) is 0 Å². The van der Waals surface area contributed by atoms with Crippen LogP contribution in [0, 0.1) is 0 Å². The van der Waals surface area contributed by atoms with Gasteiger partial charge in [0, 0.05) is 78.8 Å². The third kappa shape index (κ3) is 8.82. The van der Waals surface area contributed by atoms with Crippen LogP contribution in [0.1, 0.15) is 0 Å². The van der Waals surface area contributed by atoms with Crippen molar-refractivity contribution in [3.63, 3.8) is 0 Å². The van der Waals surface area contributed by atoms with Crippen LogP contribution in [0.4, 0.5) is 0 Å². The zero-order chi connectivity index (χ0) is 0. The molecule has 0 aliphatic carbocycles. The molecule has 0 bridgehead atoms. The molecular formula is Os3Rh. The first-order valence-corrected chi connectivity index (χ1v) is 0. The average molecular weight is 674 g/mol. The second-order valence-electron chi connectivity index (χ2n) is 0. The molecule has 0 rings (SSSR count). The Morgan fingerprint density at radius 2 is 0.500 bits per heavy atom. The topological polar surface area (TPSA) is 0 Å². The summed E-state index contributed by atoms with van der Waals surface area (Å²) in [6.45, 7) is 0. The molecule has 4 heavy (non-hydrogen) atoms. The summed E-state index contributed by atoms with van der Waals surface area (Å²) in [5.41, 5.74) is 0. The van der Waals surface area contributed by atoms with Gasteiger partial charge in [0.2, 0.25) is 0 Å². The Hall–Kier alpha value is 2.53. The molecule has 0 saturated carbocycles. The standard InChI is InChI=1S/3Os.Rh. The van der Waals surface area contributed by atoms with Crippen LogP contribution in [-0.2, 0) is 78.8 Å². The van der Waals surface area contributed by atoms with E-state index in [1.54, 1.807) is 0 Å². The Morgan fingerprint density at radius 1 is 0.500 bits per heavy atom. The van der Waals surface area contributed by atoms with E-state index < -0.39 is 0 Å². The van der Waals surface area contributed by atoms with Crippen molar-refractivity contribution in [2.45, 2.75) is 0 Å². The van der Waals surface area contributed by atoms with Gasteiger partial charge in [-0.15, -0.1) is 0 Å². The smallest absolute Gasteiger partial charge is 0 e. The average Bonchev–Trinajstić information content (AvgIpc) is 0. The molecule has 0 spiro atoms. The van der Waals surface area contributed by atoms with E-state index in [9.17, 15) is 0 Å². The van der Waals surface area contributed by atoms with Gasteiger partial charge >= 0.3 is 0 Å². The maximum atomic E-state index is 0. The molecule has 0 heterocycles. The van der Waals surface area contributed by atoms with E-state index in [0.29, 0.717) is 0 Å². The zero-order valence-corrected chi connectivity index (χ0v) is 10.7. The van der Waals surface area contributed by atoms with Crippen LogP contribution >= 0.6 is 0 Å². The Labute approximate surface area is 77.8 Å². The molecular weight excluding hydrogens is 674 g/mol. The summed E-state index contributed by atoms with van der Waals surface area (Å²) in [7, 11) is 0. The van der Waals surface area contributed by atoms with Gasteiger partial charge in [0.05, 0.1) is 0 Å². The fraction of sp³-hybridized carbons (Fsp3) is 0. The first-order chi connectivity index (χ1) is 0. The molecule has 0 aromatic heterocycles. The van der Waals surface area contributed by atoms with Gasteiger partial charge in [0.25, 0.3) is 0 Å².